The van der Waals surface area contributed by atoms with Crippen LogP contribution in [0, 0.1) is 3.57 Å². The van der Waals surface area contributed by atoms with Crippen molar-refractivity contribution < 1.29 is 0 Å². The van der Waals surface area contributed by atoms with E-state index in [9.17, 15) is 4.79 Å². The predicted octanol–water partition coefficient (Wildman–Crippen LogP) is 3.23. The molecule has 19 heavy (non-hydrogen) atoms. The highest BCUT2D eigenvalue weighted by molar-refractivity contribution is 14.1. The summed E-state index contributed by atoms with van der Waals surface area (Å²) in [4.78, 5) is 20.4. The highest BCUT2D eigenvalue weighted by Crippen LogP contribution is 2.26. The number of hydrogen-bond donors (Lipinski definition) is 1. The highest BCUT2D eigenvalue weighted by atomic mass is 127. The number of halogens is 2. The molecule has 6 heteroatoms. The van der Waals surface area contributed by atoms with Crippen LogP contribution in [0.15, 0.2) is 35.4 Å². The highest BCUT2D eigenvalue weighted by Gasteiger charge is 2.17. The Labute approximate surface area is 130 Å². The molecule has 0 saturated carbocycles. The molecule has 1 aromatic heterocycles. The molecule has 2 aromatic rings. The molecule has 0 aliphatic rings. The number of rotatable bonds is 3. The molecule has 1 unspecified atom stereocenters. The van der Waals surface area contributed by atoms with Crippen molar-refractivity contribution >= 4 is 40.0 Å². The number of benzene rings is 1. The van der Waals surface area contributed by atoms with E-state index in [0.717, 1.165) is 5.56 Å². The second-order valence-corrected chi connectivity index (χ2v) is 5.73. The van der Waals surface area contributed by atoms with Crippen LogP contribution < -0.4 is 10.5 Å². The van der Waals surface area contributed by atoms with Gasteiger partial charge in [0.05, 0.1) is 12.4 Å². The second-order valence-electron chi connectivity index (χ2n) is 4.21. The molecule has 1 heterocycles. The van der Waals surface area contributed by atoms with Gasteiger partial charge in [-0.15, -0.1) is 0 Å². The van der Waals surface area contributed by atoms with Crippen LogP contribution in [0.25, 0.3) is 0 Å². The average molecular weight is 390 g/mol. The fourth-order valence-electron chi connectivity index (χ4n) is 1.79. The maximum Gasteiger partial charge on any atom is 0.266 e. The standard InChI is InChI=1S/C13H13ClIN3O/c1-8(9-4-3-5-10(14)6-9)18(2)12-11(15)13(19)17-7-16-12/h3-8H,1-2H3,(H,16,17,19). The lowest BCUT2D eigenvalue weighted by Gasteiger charge is -2.26. The number of aromatic amines is 1. The van der Waals surface area contributed by atoms with Crippen molar-refractivity contribution in [3.8, 4) is 0 Å². The van der Waals surface area contributed by atoms with Gasteiger partial charge in [-0.3, -0.25) is 4.79 Å². The molecule has 0 aliphatic heterocycles. The molecule has 1 aromatic carbocycles. The first-order valence-corrected chi connectivity index (χ1v) is 7.18. The fourth-order valence-corrected chi connectivity index (χ4v) is 2.67. The number of nitrogens with zero attached hydrogens (tertiary/aromatic N) is 2. The van der Waals surface area contributed by atoms with Crippen LogP contribution in [0.5, 0.6) is 0 Å². The number of aromatic nitrogens is 2. The smallest absolute Gasteiger partial charge is 0.266 e. The maximum absolute atomic E-state index is 11.6. The van der Waals surface area contributed by atoms with Crippen LogP contribution in [0.3, 0.4) is 0 Å². The lowest BCUT2D eigenvalue weighted by atomic mass is 10.1. The van der Waals surface area contributed by atoms with E-state index < -0.39 is 0 Å². The van der Waals surface area contributed by atoms with E-state index in [4.69, 9.17) is 11.6 Å². The molecule has 0 amide bonds. The summed E-state index contributed by atoms with van der Waals surface area (Å²) >= 11 is 8.01. The summed E-state index contributed by atoms with van der Waals surface area (Å²) in [5.41, 5.74) is 0.948. The maximum atomic E-state index is 11.6. The van der Waals surface area contributed by atoms with Crippen LogP contribution in [0.1, 0.15) is 18.5 Å². The number of nitrogens with one attached hydrogen (secondary N) is 1. The quantitative estimate of drug-likeness (QED) is 0.820. The lowest BCUT2D eigenvalue weighted by molar-refractivity contribution is 0.723. The van der Waals surface area contributed by atoms with Crippen molar-refractivity contribution in [2.45, 2.75) is 13.0 Å². The molecule has 2 rings (SSSR count). The van der Waals surface area contributed by atoms with E-state index in [1.54, 1.807) is 0 Å². The van der Waals surface area contributed by atoms with Gasteiger partial charge >= 0.3 is 0 Å². The Morgan fingerprint density at radius 2 is 2.21 bits per heavy atom. The Morgan fingerprint density at radius 1 is 1.47 bits per heavy atom. The monoisotopic (exact) mass is 389 g/mol. The summed E-state index contributed by atoms with van der Waals surface area (Å²) in [5, 5.41) is 0.700. The summed E-state index contributed by atoms with van der Waals surface area (Å²) in [6.45, 7) is 2.05. The van der Waals surface area contributed by atoms with Gasteiger partial charge < -0.3 is 9.88 Å². The normalized spacial score (nSPS) is 12.2. The van der Waals surface area contributed by atoms with Crippen molar-refractivity contribution in [3.05, 3.63) is 55.1 Å². The topological polar surface area (TPSA) is 49.0 Å². The van der Waals surface area contributed by atoms with Crippen molar-refractivity contribution in [2.24, 2.45) is 0 Å². The Balaban J connectivity index is 2.36. The van der Waals surface area contributed by atoms with E-state index in [1.807, 2.05) is 65.7 Å². The average Bonchev–Trinajstić information content (AvgIpc) is 2.40. The first-order chi connectivity index (χ1) is 9.00. The molecular weight excluding hydrogens is 377 g/mol. The van der Waals surface area contributed by atoms with Gasteiger partial charge in [0.15, 0.2) is 0 Å². The third kappa shape index (κ3) is 3.09. The van der Waals surface area contributed by atoms with Gasteiger partial charge in [0.25, 0.3) is 5.56 Å². The molecule has 0 saturated heterocycles. The van der Waals surface area contributed by atoms with Gasteiger partial charge in [-0.05, 0) is 47.2 Å². The lowest BCUT2D eigenvalue weighted by Crippen LogP contribution is -2.26. The Hall–Kier alpha value is -1.08. The largest absolute Gasteiger partial charge is 0.352 e. The fraction of sp³-hybridized carbons (Fsp3) is 0.231. The van der Waals surface area contributed by atoms with E-state index in [0.29, 0.717) is 14.4 Å². The van der Waals surface area contributed by atoms with E-state index in [-0.39, 0.29) is 11.6 Å². The Kier molecular flexibility index (Phi) is 4.46. The van der Waals surface area contributed by atoms with E-state index in [2.05, 4.69) is 9.97 Å². The molecule has 4 nitrogen and oxygen atoms in total. The number of hydrogen-bond acceptors (Lipinski definition) is 3. The molecular formula is C13H13ClIN3O. The summed E-state index contributed by atoms with van der Waals surface area (Å²) < 4.78 is 0.580. The number of H-pyrrole nitrogens is 1. The molecule has 0 fully saturated rings. The summed E-state index contributed by atoms with van der Waals surface area (Å²) in [7, 11) is 1.91. The van der Waals surface area contributed by atoms with Gasteiger partial charge in [-0.1, -0.05) is 23.7 Å². The van der Waals surface area contributed by atoms with Gasteiger partial charge in [-0.2, -0.15) is 0 Å². The third-order valence-corrected chi connectivity index (χ3v) is 4.23. The van der Waals surface area contributed by atoms with E-state index >= 15 is 0 Å². The Morgan fingerprint density at radius 3 is 2.89 bits per heavy atom. The minimum atomic E-state index is -0.129. The van der Waals surface area contributed by atoms with Crippen LogP contribution in [-0.2, 0) is 0 Å². The van der Waals surface area contributed by atoms with Crippen molar-refractivity contribution in [2.75, 3.05) is 11.9 Å². The van der Waals surface area contributed by atoms with Crippen LogP contribution in [0.4, 0.5) is 5.82 Å². The second kappa shape index (κ2) is 5.92. The van der Waals surface area contributed by atoms with Crippen molar-refractivity contribution in [3.63, 3.8) is 0 Å². The molecule has 0 aliphatic carbocycles. The summed E-state index contributed by atoms with van der Waals surface area (Å²) in [6.07, 6.45) is 1.42. The van der Waals surface area contributed by atoms with Crippen molar-refractivity contribution in [1.29, 1.82) is 0 Å². The van der Waals surface area contributed by atoms with Crippen LogP contribution >= 0.6 is 34.2 Å². The number of anilines is 1. The summed E-state index contributed by atoms with van der Waals surface area (Å²) in [6, 6.07) is 7.75. The molecule has 0 spiro atoms. The van der Waals surface area contributed by atoms with Gasteiger partial charge in [0.1, 0.15) is 9.39 Å². The van der Waals surface area contributed by atoms with Gasteiger partial charge in [-0.25, -0.2) is 4.98 Å². The zero-order chi connectivity index (χ0) is 14.0. The summed E-state index contributed by atoms with van der Waals surface area (Å²) in [5.74, 6) is 0.664. The van der Waals surface area contributed by atoms with E-state index in [1.165, 1.54) is 6.33 Å². The van der Waals surface area contributed by atoms with Gasteiger partial charge in [0, 0.05) is 12.1 Å². The first kappa shape index (κ1) is 14.3. The van der Waals surface area contributed by atoms with Crippen LogP contribution in [-0.4, -0.2) is 17.0 Å². The molecule has 0 radical (unpaired) electrons. The molecule has 1 atom stereocenters. The third-order valence-electron chi connectivity index (χ3n) is 3.02. The van der Waals surface area contributed by atoms with Gasteiger partial charge in [0.2, 0.25) is 0 Å². The molecule has 100 valence electrons. The first-order valence-electron chi connectivity index (χ1n) is 5.72. The van der Waals surface area contributed by atoms with Crippen molar-refractivity contribution in [1.82, 2.24) is 9.97 Å². The zero-order valence-electron chi connectivity index (χ0n) is 10.5. The zero-order valence-corrected chi connectivity index (χ0v) is 13.4. The molecule has 0 bridgehead atoms. The predicted molar refractivity (Wildman–Crippen MR) is 85.8 cm³/mol. The minimum Gasteiger partial charge on any atom is -0.352 e. The Bertz CT molecular complexity index is 644. The minimum absolute atomic E-state index is 0.0708. The molecule has 1 N–H and O–H groups in total. The van der Waals surface area contributed by atoms with Crippen LogP contribution in [0.2, 0.25) is 5.02 Å². The SMILES string of the molecule is CC(c1cccc(Cl)c1)N(C)c1nc[nH]c(=O)c1I.